The van der Waals surface area contributed by atoms with Crippen LogP contribution in [0.25, 0.3) is 5.65 Å². The summed E-state index contributed by atoms with van der Waals surface area (Å²) in [5.74, 6) is 0. The topological polar surface area (TPSA) is 62.7 Å². The Morgan fingerprint density at radius 2 is 2.29 bits per heavy atom. The maximum Gasteiger partial charge on any atom is 0.136 e. The molecule has 110 valence electrons. The first kappa shape index (κ1) is 14.3. The van der Waals surface area contributed by atoms with E-state index in [-0.39, 0.29) is 12.6 Å². The van der Waals surface area contributed by atoms with Crippen LogP contribution in [0.3, 0.4) is 0 Å². The van der Waals surface area contributed by atoms with Gasteiger partial charge < -0.3 is 19.2 Å². The molecule has 0 aliphatic rings. The molecule has 3 rings (SSSR count). The summed E-state index contributed by atoms with van der Waals surface area (Å²) in [7, 11) is 0. The number of hydrogen-bond acceptors (Lipinski definition) is 4. The zero-order chi connectivity index (χ0) is 14.7. The second-order valence-electron chi connectivity index (χ2n) is 4.92. The average molecular weight is 350 g/mol. The Balaban J connectivity index is 1.68. The number of aliphatic hydroxyl groups excluding tert-OH is 1. The Labute approximate surface area is 130 Å². The smallest absolute Gasteiger partial charge is 0.136 e. The van der Waals surface area contributed by atoms with Gasteiger partial charge in [-0.25, -0.2) is 4.98 Å². The zero-order valence-corrected chi connectivity index (χ0v) is 13.0. The molecule has 21 heavy (non-hydrogen) atoms. The Morgan fingerprint density at radius 3 is 3.05 bits per heavy atom. The van der Waals surface area contributed by atoms with Crippen LogP contribution in [0.4, 0.5) is 0 Å². The molecule has 5 nitrogen and oxygen atoms in total. The first-order valence-corrected chi connectivity index (χ1v) is 7.52. The maximum absolute atomic E-state index is 9.49. The van der Waals surface area contributed by atoms with Crippen LogP contribution in [-0.2, 0) is 13.0 Å². The molecule has 1 atom stereocenters. The van der Waals surface area contributed by atoms with E-state index in [4.69, 9.17) is 4.42 Å². The standard InChI is InChI=1S/C15H16BrN3O2/c16-12-1-2-15-18-7-14(19(15)8-12)6-17-13(9-20)5-11-3-4-21-10-11/h1-4,7-8,10,13,17,20H,5-6,9H2. The first-order valence-electron chi connectivity index (χ1n) is 6.73. The lowest BCUT2D eigenvalue weighted by molar-refractivity contribution is 0.240. The number of hydrogen-bond donors (Lipinski definition) is 2. The predicted molar refractivity (Wildman–Crippen MR) is 83.0 cm³/mol. The lowest BCUT2D eigenvalue weighted by atomic mass is 10.1. The van der Waals surface area contributed by atoms with Crippen molar-refractivity contribution < 1.29 is 9.52 Å². The summed E-state index contributed by atoms with van der Waals surface area (Å²) in [6.07, 6.45) is 7.92. The minimum absolute atomic E-state index is 0.0136. The Kier molecular flexibility index (Phi) is 4.38. The van der Waals surface area contributed by atoms with E-state index in [9.17, 15) is 5.11 Å². The molecule has 0 aliphatic heterocycles. The van der Waals surface area contributed by atoms with Crippen LogP contribution in [-0.4, -0.2) is 27.1 Å². The quantitative estimate of drug-likeness (QED) is 0.717. The number of nitrogens with zero attached hydrogens (tertiary/aromatic N) is 2. The molecule has 1 unspecified atom stereocenters. The normalized spacial score (nSPS) is 12.9. The number of aromatic nitrogens is 2. The molecule has 6 heteroatoms. The van der Waals surface area contributed by atoms with Crippen molar-refractivity contribution in [1.82, 2.24) is 14.7 Å². The van der Waals surface area contributed by atoms with E-state index in [1.165, 1.54) is 0 Å². The molecule has 0 amide bonds. The minimum Gasteiger partial charge on any atom is -0.472 e. The molecule has 0 radical (unpaired) electrons. The second-order valence-corrected chi connectivity index (χ2v) is 5.84. The molecule has 0 bridgehead atoms. The highest BCUT2D eigenvalue weighted by molar-refractivity contribution is 9.10. The van der Waals surface area contributed by atoms with Crippen LogP contribution >= 0.6 is 15.9 Å². The molecule has 3 aromatic heterocycles. The van der Waals surface area contributed by atoms with Crippen LogP contribution < -0.4 is 5.32 Å². The molecule has 2 N–H and O–H groups in total. The lowest BCUT2D eigenvalue weighted by Crippen LogP contribution is -2.34. The van der Waals surface area contributed by atoms with E-state index in [2.05, 4.69) is 26.2 Å². The molecular formula is C15H16BrN3O2. The van der Waals surface area contributed by atoms with Crippen molar-refractivity contribution in [2.75, 3.05) is 6.61 Å². The van der Waals surface area contributed by atoms with Gasteiger partial charge in [-0.3, -0.25) is 0 Å². The van der Waals surface area contributed by atoms with Gasteiger partial charge in [0.15, 0.2) is 0 Å². The van der Waals surface area contributed by atoms with Gasteiger partial charge in [-0.2, -0.15) is 0 Å². The fraction of sp³-hybridized carbons (Fsp3) is 0.267. The van der Waals surface area contributed by atoms with Crippen LogP contribution in [0.15, 0.2) is 52.0 Å². The lowest BCUT2D eigenvalue weighted by Gasteiger charge is -2.15. The Bertz CT molecular complexity index is 709. The van der Waals surface area contributed by atoms with Gasteiger partial charge in [-0.05, 0) is 46.1 Å². The summed E-state index contributed by atoms with van der Waals surface area (Å²) in [5.41, 5.74) is 3.03. The van der Waals surface area contributed by atoms with Crippen molar-refractivity contribution in [1.29, 1.82) is 0 Å². The third-order valence-corrected chi connectivity index (χ3v) is 3.87. The van der Waals surface area contributed by atoms with E-state index in [1.807, 2.05) is 35.0 Å². The van der Waals surface area contributed by atoms with Crippen molar-refractivity contribution in [2.24, 2.45) is 0 Å². The molecule has 0 saturated heterocycles. The molecular weight excluding hydrogens is 334 g/mol. The summed E-state index contributed by atoms with van der Waals surface area (Å²) in [6.45, 7) is 0.715. The zero-order valence-electron chi connectivity index (χ0n) is 11.4. The number of aliphatic hydroxyl groups is 1. The number of halogens is 1. The SMILES string of the molecule is OCC(Cc1ccoc1)NCc1cnc2ccc(Br)cn12. The van der Waals surface area contributed by atoms with Crippen molar-refractivity contribution in [2.45, 2.75) is 19.0 Å². The number of furan rings is 1. The van der Waals surface area contributed by atoms with E-state index in [0.29, 0.717) is 6.54 Å². The fourth-order valence-electron chi connectivity index (χ4n) is 2.28. The number of imidazole rings is 1. The van der Waals surface area contributed by atoms with Gasteiger partial charge in [-0.1, -0.05) is 0 Å². The van der Waals surface area contributed by atoms with Crippen LogP contribution in [0, 0.1) is 0 Å². The van der Waals surface area contributed by atoms with E-state index in [0.717, 1.165) is 27.8 Å². The summed E-state index contributed by atoms with van der Waals surface area (Å²) in [5, 5.41) is 12.8. The monoisotopic (exact) mass is 349 g/mol. The molecule has 3 aromatic rings. The first-order chi connectivity index (χ1) is 10.3. The van der Waals surface area contributed by atoms with Gasteiger partial charge in [0.05, 0.1) is 31.0 Å². The van der Waals surface area contributed by atoms with Crippen LogP contribution in [0.1, 0.15) is 11.3 Å². The van der Waals surface area contributed by atoms with Crippen molar-refractivity contribution in [3.63, 3.8) is 0 Å². The number of pyridine rings is 1. The van der Waals surface area contributed by atoms with Crippen molar-refractivity contribution in [3.05, 3.63) is 58.8 Å². The third kappa shape index (κ3) is 3.34. The maximum atomic E-state index is 9.49. The Hall–Kier alpha value is -1.63. The number of rotatable bonds is 6. The van der Waals surface area contributed by atoms with Gasteiger partial charge in [0.1, 0.15) is 5.65 Å². The molecule has 0 aromatic carbocycles. The van der Waals surface area contributed by atoms with E-state index in [1.54, 1.807) is 12.5 Å². The molecule has 0 aliphatic carbocycles. The van der Waals surface area contributed by atoms with Crippen LogP contribution in [0.2, 0.25) is 0 Å². The van der Waals surface area contributed by atoms with Gasteiger partial charge in [0.25, 0.3) is 0 Å². The van der Waals surface area contributed by atoms with E-state index < -0.39 is 0 Å². The summed E-state index contributed by atoms with van der Waals surface area (Å²) < 4.78 is 8.09. The van der Waals surface area contributed by atoms with Crippen molar-refractivity contribution in [3.8, 4) is 0 Å². The van der Waals surface area contributed by atoms with Gasteiger partial charge in [-0.15, -0.1) is 0 Å². The molecule has 0 fully saturated rings. The van der Waals surface area contributed by atoms with Crippen LogP contribution in [0.5, 0.6) is 0 Å². The summed E-state index contributed by atoms with van der Waals surface area (Å²) in [6, 6.07) is 5.83. The molecule has 0 spiro atoms. The molecule has 0 saturated carbocycles. The van der Waals surface area contributed by atoms with Gasteiger partial charge in [0, 0.05) is 23.3 Å². The largest absolute Gasteiger partial charge is 0.472 e. The van der Waals surface area contributed by atoms with Crippen molar-refractivity contribution >= 4 is 21.6 Å². The van der Waals surface area contributed by atoms with E-state index >= 15 is 0 Å². The third-order valence-electron chi connectivity index (χ3n) is 3.40. The summed E-state index contributed by atoms with van der Waals surface area (Å²) in [4.78, 5) is 4.36. The summed E-state index contributed by atoms with van der Waals surface area (Å²) >= 11 is 3.47. The van der Waals surface area contributed by atoms with Gasteiger partial charge >= 0.3 is 0 Å². The Morgan fingerprint density at radius 1 is 1.38 bits per heavy atom. The second kappa shape index (κ2) is 6.43. The fourth-order valence-corrected chi connectivity index (χ4v) is 2.62. The predicted octanol–water partition coefficient (Wildman–Crippen LogP) is 2.38. The average Bonchev–Trinajstić information content (AvgIpc) is 3.12. The number of fused-ring (bicyclic) bond motifs is 1. The number of nitrogens with one attached hydrogen (secondary N) is 1. The highest BCUT2D eigenvalue weighted by Crippen LogP contribution is 2.14. The highest BCUT2D eigenvalue weighted by atomic mass is 79.9. The molecule has 3 heterocycles. The minimum atomic E-state index is -0.0136. The highest BCUT2D eigenvalue weighted by Gasteiger charge is 2.10. The van der Waals surface area contributed by atoms with Gasteiger partial charge in [0.2, 0.25) is 0 Å².